The summed E-state index contributed by atoms with van der Waals surface area (Å²) in [7, 11) is 0. The van der Waals surface area contributed by atoms with Gasteiger partial charge in [-0.25, -0.2) is 8.78 Å². The fraction of sp³-hybridized carbons (Fsp3) is 0.250. The minimum absolute atomic E-state index is 0.157. The standard InChI is InChI=1S/C20H17F2N3O3/c1-2-27-15-6-3-12(4-7-15)19-23-20(28-24-19)13-9-18(26)25(11-13)14-5-8-16(21)17(22)10-14/h3-8,10,13H,2,9,11H2,1H3. The topological polar surface area (TPSA) is 68.5 Å². The average molecular weight is 385 g/mol. The van der Waals surface area contributed by atoms with Gasteiger partial charge in [0.25, 0.3) is 0 Å². The van der Waals surface area contributed by atoms with Gasteiger partial charge in [0.2, 0.25) is 17.6 Å². The molecule has 1 aliphatic heterocycles. The Bertz CT molecular complexity index is 1000. The number of nitrogens with zero attached hydrogens (tertiary/aromatic N) is 3. The Morgan fingerprint density at radius 2 is 1.96 bits per heavy atom. The van der Waals surface area contributed by atoms with Crippen LogP contribution in [0.2, 0.25) is 0 Å². The molecule has 1 aromatic heterocycles. The van der Waals surface area contributed by atoms with Crippen LogP contribution in [0.3, 0.4) is 0 Å². The highest BCUT2D eigenvalue weighted by molar-refractivity contribution is 5.96. The van der Waals surface area contributed by atoms with Crippen molar-refractivity contribution in [1.82, 2.24) is 10.1 Å². The van der Waals surface area contributed by atoms with Crippen molar-refractivity contribution in [3.05, 3.63) is 60.0 Å². The number of benzene rings is 2. The molecule has 1 saturated heterocycles. The minimum atomic E-state index is -0.996. The molecule has 0 spiro atoms. The molecule has 0 aliphatic carbocycles. The van der Waals surface area contributed by atoms with Crippen LogP contribution in [-0.2, 0) is 4.79 Å². The maximum absolute atomic E-state index is 13.5. The summed E-state index contributed by atoms with van der Waals surface area (Å²) < 4.78 is 37.4. The first-order valence-corrected chi connectivity index (χ1v) is 8.87. The summed E-state index contributed by atoms with van der Waals surface area (Å²) in [5.74, 6) is -0.979. The Morgan fingerprint density at radius 1 is 1.18 bits per heavy atom. The van der Waals surface area contributed by atoms with Gasteiger partial charge in [0.15, 0.2) is 11.6 Å². The molecule has 1 amide bonds. The van der Waals surface area contributed by atoms with Crippen LogP contribution in [0.1, 0.15) is 25.2 Å². The predicted molar refractivity (Wildman–Crippen MR) is 97.0 cm³/mol. The number of amides is 1. The van der Waals surface area contributed by atoms with Crippen molar-refractivity contribution in [3.8, 4) is 17.1 Å². The molecule has 3 aromatic rings. The van der Waals surface area contributed by atoms with Crippen LogP contribution in [0.4, 0.5) is 14.5 Å². The third-order valence-electron chi connectivity index (χ3n) is 4.55. The number of aromatic nitrogens is 2. The van der Waals surface area contributed by atoms with Crippen molar-refractivity contribution in [1.29, 1.82) is 0 Å². The minimum Gasteiger partial charge on any atom is -0.494 e. The third-order valence-corrected chi connectivity index (χ3v) is 4.55. The summed E-state index contributed by atoms with van der Waals surface area (Å²) in [6.45, 7) is 2.75. The summed E-state index contributed by atoms with van der Waals surface area (Å²) in [5, 5.41) is 3.99. The Labute approximate surface area is 159 Å². The van der Waals surface area contributed by atoms with Crippen LogP contribution in [0, 0.1) is 11.6 Å². The SMILES string of the molecule is CCOc1ccc(-c2noc(C3CC(=O)N(c4ccc(F)c(F)c4)C3)n2)cc1. The molecule has 2 heterocycles. The fourth-order valence-electron chi connectivity index (χ4n) is 3.16. The van der Waals surface area contributed by atoms with E-state index in [4.69, 9.17) is 9.26 Å². The lowest BCUT2D eigenvalue weighted by atomic mass is 10.1. The first kappa shape index (κ1) is 18.1. The van der Waals surface area contributed by atoms with Gasteiger partial charge in [0, 0.05) is 30.3 Å². The van der Waals surface area contributed by atoms with Crippen LogP contribution >= 0.6 is 0 Å². The van der Waals surface area contributed by atoms with Crippen molar-refractivity contribution in [3.63, 3.8) is 0 Å². The summed E-state index contributed by atoms with van der Waals surface area (Å²) in [5.41, 5.74) is 1.07. The zero-order valence-electron chi connectivity index (χ0n) is 15.1. The molecule has 28 heavy (non-hydrogen) atoms. The van der Waals surface area contributed by atoms with E-state index >= 15 is 0 Å². The summed E-state index contributed by atoms with van der Waals surface area (Å²) in [4.78, 5) is 18.1. The lowest BCUT2D eigenvalue weighted by molar-refractivity contribution is -0.117. The second-order valence-electron chi connectivity index (χ2n) is 6.42. The number of carbonyl (C=O) groups is 1. The number of rotatable bonds is 5. The van der Waals surface area contributed by atoms with Gasteiger partial charge in [-0.3, -0.25) is 4.79 Å². The highest BCUT2D eigenvalue weighted by atomic mass is 19.2. The molecule has 0 bridgehead atoms. The van der Waals surface area contributed by atoms with E-state index in [0.717, 1.165) is 23.4 Å². The van der Waals surface area contributed by atoms with E-state index in [1.807, 2.05) is 31.2 Å². The molecule has 1 atom stereocenters. The molecule has 0 N–H and O–H groups in total. The zero-order valence-corrected chi connectivity index (χ0v) is 15.1. The van der Waals surface area contributed by atoms with Crippen LogP contribution in [-0.4, -0.2) is 29.2 Å². The van der Waals surface area contributed by atoms with Crippen molar-refractivity contribution in [2.24, 2.45) is 0 Å². The maximum atomic E-state index is 13.5. The Hall–Kier alpha value is -3.29. The number of hydrogen-bond donors (Lipinski definition) is 0. The predicted octanol–water partition coefficient (Wildman–Crippen LogP) is 3.93. The summed E-state index contributed by atoms with van der Waals surface area (Å²) in [6.07, 6.45) is 0.157. The largest absolute Gasteiger partial charge is 0.494 e. The van der Waals surface area contributed by atoms with E-state index in [0.29, 0.717) is 24.0 Å². The molecule has 4 rings (SSSR count). The van der Waals surface area contributed by atoms with Crippen molar-refractivity contribution in [2.45, 2.75) is 19.3 Å². The Balaban J connectivity index is 1.51. The number of halogens is 2. The van der Waals surface area contributed by atoms with E-state index in [1.165, 1.54) is 11.0 Å². The van der Waals surface area contributed by atoms with E-state index in [1.54, 1.807) is 0 Å². The lowest BCUT2D eigenvalue weighted by Crippen LogP contribution is -2.24. The third kappa shape index (κ3) is 3.45. The van der Waals surface area contributed by atoms with Gasteiger partial charge in [-0.2, -0.15) is 4.98 Å². The first-order valence-electron chi connectivity index (χ1n) is 8.87. The number of hydrogen-bond acceptors (Lipinski definition) is 5. The van der Waals surface area contributed by atoms with Crippen molar-refractivity contribution in [2.75, 3.05) is 18.1 Å². The fourth-order valence-corrected chi connectivity index (χ4v) is 3.16. The van der Waals surface area contributed by atoms with Gasteiger partial charge < -0.3 is 14.2 Å². The van der Waals surface area contributed by atoms with Gasteiger partial charge in [-0.05, 0) is 43.3 Å². The molecule has 0 radical (unpaired) electrons. The molecule has 1 aliphatic rings. The van der Waals surface area contributed by atoms with Gasteiger partial charge in [0.1, 0.15) is 5.75 Å². The second-order valence-corrected chi connectivity index (χ2v) is 6.42. The number of ether oxygens (including phenoxy) is 1. The quantitative estimate of drug-likeness (QED) is 0.666. The normalized spacial score (nSPS) is 16.6. The molecular formula is C20H17F2N3O3. The van der Waals surface area contributed by atoms with Gasteiger partial charge in [-0.1, -0.05) is 5.16 Å². The Kier molecular flexibility index (Phi) is 4.77. The van der Waals surface area contributed by atoms with Gasteiger partial charge >= 0.3 is 0 Å². The van der Waals surface area contributed by atoms with E-state index in [2.05, 4.69) is 10.1 Å². The molecule has 1 unspecified atom stereocenters. The van der Waals surface area contributed by atoms with Crippen LogP contribution < -0.4 is 9.64 Å². The monoisotopic (exact) mass is 385 g/mol. The van der Waals surface area contributed by atoms with Crippen molar-refractivity contribution >= 4 is 11.6 Å². The maximum Gasteiger partial charge on any atom is 0.232 e. The zero-order chi connectivity index (χ0) is 19.7. The van der Waals surface area contributed by atoms with E-state index in [-0.39, 0.29) is 24.8 Å². The molecule has 2 aromatic carbocycles. The summed E-state index contributed by atoms with van der Waals surface area (Å²) >= 11 is 0. The molecule has 0 saturated carbocycles. The first-order chi connectivity index (χ1) is 13.5. The molecular weight excluding hydrogens is 368 g/mol. The van der Waals surface area contributed by atoms with Crippen LogP contribution in [0.5, 0.6) is 5.75 Å². The highest BCUT2D eigenvalue weighted by Gasteiger charge is 2.35. The molecule has 1 fully saturated rings. The van der Waals surface area contributed by atoms with Crippen LogP contribution in [0.25, 0.3) is 11.4 Å². The van der Waals surface area contributed by atoms with Crippen LogP contribution in [0.15, 0.2) is 47.0 Å². The lowest BCUT2D eigenvalue weighted by Gasteiger charge is -2.16. The smallest absolute Gasteiger partial charge is 0.232 e. The highest BCUT2D eigenvalue weighted by Crippen LogP contribution is 2.32. The Morgan fingerprint density at radius 3 is 2.68 bits per heavy atom. The summed E-state index contributed by atoms with van der Waals surface area (Å²) in [6, 6.07) is 10.7. The molecule has 144 valence electrons. The van der Waals surface area contributed by atoms with Gasteiger partial charge in [0.05, 0.1) is 12.5 Å². The molecule has 6 nitrogen and oxygen atoms in total. The van der Waals surface area contributed by atoms with E-state index < -0.39 is 11.6 Å². The van der Waals surface area contributed by atoms with E-state index in [9.17, 15) is 13.6 Å². The second kappa shape index (κ2) is 7.38. The van der Waals surface area contributed by atoms with Crippen molar-refractivity contribution < 1.29 is 22.8 Å². The molecule has 8 heteroatoms. The van der Waals surface area contributed by atoms with Gasteiger partial charge in [-0.15, -0.1) is 0 Å². The number of anilines is 1. The average Bonchev–Trinajstić information content (AvgIpc) is 3.32. The number of carbonyl (C=O) groups excluding carboxylic acids is 1.